The lowest BCUT2D eigenvalue weighted by Crippen LogP contribution is -2.52. The van der Waals surface area contributed by atoms with Crippen molar-refractivity contribution in [2.24, 2.45) is 16.6 Å². The molecule has 0 spiro atoms. The van der Waals surface area contributed by atoms with Crippen LogP contribution < -0.4 is 5.73 Å². The third kappa shape index (κ3) is 2.31. The molecule has 5 heteroatoms. The van der Waals surface area contributed by atoms with E-state index in [4.69, 9.17) is 10.5 Å². The third-order valence-electron chi connectivity index (χ3n) is 3.75. The van der Waals surface area contributed by atoms with Crippen LogP contribution in [0, 0.1) is 5.92 Å². The summed E-state index contributed by atoms with van der Waals surface area (Å²) in [6, 6.07) is 0.207. The maximum absolute atomic E-state index is 12.3. The van der Waals surface area contributed by atoms with Crippen molar-refractivity contribution in [3.05, 3.63) is 0 Å². The Morgan fingerprint density at radius 2 is 2.06 bits per heavy atom. The van der Waals surface area contributed by atoms with E-state index >= 15 is 0 Å². The molecule has 1 aliphatic carbocycles. The van der Waals surface area contributed by atoms with Crippen molar-refractivity contribution in [3.63, 3.8) is 0 Å². The average molecular weight is 253 g/mol. The minimum absolute atomic E-state index is 0.0661. The molecule has 1 saturated carbocycles. The van der Waals surface area contributed by atoms with Gasteiger partial charge in [-0.2, -0.15) is 0 Å². The van der Waals surface area contributed by atoms with E-state index in [1.807, 2.05) is 25.7 Å². The van der Waals surface area contributed by atoms with E-state index in [-0.39, 0.29) is 18.2 Å². The van der Waals surface area contributed by atoms with Crippen LogP contribution in [0.2, 0.25) is 0 Å². The van der Waals surface area contributed by atoms with E-state index in [0.29, 0.717) is 11.8 Å². The molecule has 1 amide bonds. The van der Waals surface area contributed by atoms with E-state index < -0.39 is 5.60 Å². The summed E-state index contributed by atoms with van der Waals surface area (Å²) in [5, 5.41) is 0. The van der Waals surface area contributed by atoms with Crippen LogP contribution in [-0.4, -0.2) is 41.6 Å². The summed E-state index contributed by atoms with van der Waals surface area (Å²) >= 11 is 0. The molecule has 0 aromatic carbocycles. The lowest BCUT2D eigenvalue weighted by Gasteiger charge is -2.36. The Kier molecular flexibility index (Phi) is 3.25. The van der Waals surface area contributed by atoms with E-state index in [1.54, 1.807) is 7.05 Å². The number of carbonyl (C=O) groups is 1. The van der Waals surface area contributed by atoms with Crippen LogP contribution in [0.25, 0.3) is 0 Å². The van der Waals surface area contributed by atoms with Crippen LogP contribution in [0.3, 0.4) is 0 Å². The zero-order valence-corrected chi connectivity index (χ0v) is 11.6. The largest absolute Gasteiger partial charge is 0.444 e. The van der Waals surface area contributed by atoms with Gasteiger partial charge in [-0.1, -0.05) is 0 Å². The van der Waals surface area contributed by atoms with Crippen LogP contribution >= 0.6 is 0 Å². The van der Waals surface area contributed by atoms with Crippen LogP contribution in [0.4, 0.5) is 4.79 Å². The highest BCUT2D eigenvalue weighted by Gasteiger charge is 2.50. The fraction of sp³-hybridized carbons (Fsp3) is 0.846. The first-order chi connectivity index (χ1) is 8.33. The Morgan fingerprint density at radius 3 is 2.61 bits per heavy atom. The molecule has 5 nitrogen and oxygen atoms in total. The second kappa shape index (κ2) is 4.44. The van der Waals surface area contributed by atoms with Gasteiger partial charge in [-0.05, 0) is 46.0 Å². The van der Waals surface area contributed by atoms with Gasteiger partial charge >= 0.3 is 6.09 Å². The molecule has 1 saturated heterocycles. The van der Waals surface area contributed by atoms with Crippen LogP contribution in [0.1, 0.15) is 40.0 Å². The molecular weight excluding hydrogens is 230 g/mol. The number of nitrogens with zero attached hydrogens (tertiary/aromatic N) is 2. The zero-order chi connectivity index (χ0) is 13.5. The highest BCUT2D eigenvalue weighted by molar-refractivity contribution is 5.90. The van der Waals surface area contributed by atoms with Crippen LogP contribution in [0.5, 0.6) is 0 Å². The molecule has 0 radical (unpaired) electrons. The SMILES string of the molecule is CN=C(N)C1C2CCC(C2)N1C(=O)OC(C)(C)C. The molecule has 3 unspecified atom stereocenters. The van der Waals surface area contributed by atoms with Gasteiger partial charge in [-0.15, -0.1) is 0 Å². The topological polar surface area (TPSA) is 67.9 Å². The lowest BCUT2D eigenvalue weighted by atomic mass is 9.98. The van der Waals surface area contributed by atoms with Gasteiger partial charge < -0.3 is 10.5 Å². The second-order valence-corrected chi connectivity index (χ2v) is 6.21. The highest BCUT2D eigenvalue weighted by Crippen LogP contribution is 2.43. The minimum Gasteiger partial charge on any atom is -0.444 e. The van der Waals surface area contributed by atoms with E-state index in [9.17, 15) is 4.79 Å². The van der Waals surface area contributed by atoms with E-state index in [1.165, 1.54) is 0 Å². The van der Waals surface area contributed by atoms with Gasteiger partial charge in [0, 0.05) is 13.1 Å². The quantitative estimate of drug-likeness (QED) is 0.572. The van der Waals surface area contributed by atoms with Crippen molar-refractivity contribution < 1.29 is 9.53 Å². The molecule has 1 heterocycles. The highest BCUT2D eigenvalue weighted by atomic mass is 16.6. The summed E-state index contributed by atoms with van der Waals surface area (Å²) in [5.74, 6) is 0.999. The summed E-state index contributed by atoms with van der Waals surface area (Å²) in [6.07, 6.45) is 2.95. The number of ether oxygens (including phenoxy) is 1. The Bertz CT molecular complexity index is 373. The van der Waals surface area contributed by atoms with Crippen molar-refractivity contribution in [1.29, 1.82) is 0 Å². The monoisotopic (exact) mass is 253 g/mol. The van der Waals surface area contributed by atoms with Crippen LogP contribution in [0.15, 0.2) is 4.99 Å². The number of rotatable bonds is 1. The Labute approximate surface area is 108 Å². The van der Waals surface area contributed by atoms with Crippen molar-refractivity contribution in [1.82, 2.24) is 4.90 Å². The molecule has 2 fully saturated rings. The summed E-state index contributed by atoms with van der Waals surface area (Å²) < 4.78 is 5.48. The fourth-order valence-electron chi connectivity index (χ4n) is 3.08. The standard InChI is InChI=1S/C13H23N3O2/c1-13(2,3)18-12(17)16-9-6-5-8(7-9)10(16)11(14)15-4/h8-10H,5-7H2,1-4H3,(H2,14,15). The number of nitrogens with two attached hydrogens (primary N) is 1. The summed E-state index contributed by atoms with van der Waals surface area (Å²) in [4.78, 5) is 18.1. The number of hydrogen-bond acceptors (Lipinski definition) is 3. The van der Waals surface area contributed by atoms with Gasteiger partial charge in [0.1, 0.15) is 11.4 Å². The molecule has 0 aromatic heterocycles. The predicted molar refractivity (Wildman–Crippen MR) is 70.5 cm³/mol. The smallest absolute Gasteiger partial charge is 0.411 e. The third-order valence-corrected chi connectivity index (χ3v) is 3.75. The first-order valence-electron chi connectivity index (χ1n) is 6.57. The number of amidine groups is 1. The van der Waals surface area contributed by atoms with Gasteiger partial charge in [0.15, 0.2) is 0 Å². The van der Waals surface area contributed by atoms with Gasteiger partial charge in [0.25, 0.3) is 0 Å². The average Bonchev–Trinajstić information content (AvgIpc) is 2.84. The second-order valence-electron chi connectivity index (χ2n) is 6.21. The Morgan fingerprint density at radius 1 is 1.39 bits per heavy atom. The maximum Gasteiger partial charge on any atom is 0.411 e. The molecule has 2 bridgehead atoms. The summed E-state index contributed by atoms with van der Waals surface area (Å²) in [6.45, 7) is 5.64. The zero-order valence-electron chi connectivity index (χ0n) is 11.6. The van der Waals surface area contributed by atoms with Crippen LogP contribution in [-0.2, 0) is 4.74 Å². The van der Waals surface area contributed by atoms with Crippen molar-refractivity contribution >= 4 is 11.9 Å². The van der Waals surface area contributed by atoms with Gasteiger partial charge in [0.05, 0.1) is 6.04 Å². The van der Waals surface area contributed by atoms with Gasteiger partial charge in [-0.3, -0.25) is 9.89 Å². The number of likely N-dealkylation sites (tertiary alicyclic amines) is 1. The minimum atomic E-state index is -0.471. The van der Waals surface area contributed by atoms with Crippen molar-refractivity contribution in [2.45, 2.75) is 57.7 Å². The predicted octanol–water partition coefficient (Wildman–Crippen LogP) is 1.76. The van der Waals surface area contributed by atoms with E-state index in [2.05, 4.69) is 4.99 Å². The Balaban J connectivity index is 2.17. The maximum atomic E-state index is 12.3. The molecular formula is C13H23N3O2. The molecule has 2 N–H and O–H groups in total. The number of aliphatic imine (C=N–C) groups is 1. The first-order valence-corrected chi connectivity index (χ1v) is 6.57. The van der Waals surface area contributed by atoms with Crippen molar-refractivity contribution in [2.75, 3.05) is 7.05 Å². The summed E-state index contributed by atoms with van der Waals surface area (Å²) in [7, 11) is 1.68. The molecule has 18 heavy (non-hydrogen) atoms. The van der Waals surface area contributed by atoms with E-state index in [0.717, 1.165) is 19.3 Å². The molecule has 2 rings (SSSR count). The number of fused-ring (bicyclic) bond motifs is 2. The van der Waals surface area contributed by atoms with Crippen molar-refractivity contribution in [3.8, 4) is 0 Å². The summed E-state index contributed by atoms with van der Waals surface area (Å²) in [5.41, 5.74) is 5.49. The number of hydrogen-bond donors (Lipinski definition) is 1. The number of carbonyl (C=O) groups excluding carboxylic acids is 1. The number of amides is 1. The fourth-order valence-corrected chi connectivity index (χ4v) is 3.08. The molecule has 0 aromatic rings. The first kappa shape index (κ1) is 13.2. The lowest BCUT2D eigenvalue weighted by molar-refractivity contribution is 0.0142. The molecule has 1 aliphatic heterocycles. The molecule has 3 atom stereocenters. The molecule has 2 aliphatic rings. The molecule has 102 valence electrons. The van der Waals surface area contributed by atoms with Gasteiger partial charge in [0.2, 0.25) is 0 Å². The van der Waals surface area contributed by atoms with Gasteiger partial charge in [-0.25, -0.2) is 4.79 Å². The Hall–Kier alpha value is -1.26. The normalized spacial score (nSPS) is 31.9. The number of piperidine rings is 1.